The first-order chi connectivity index (χ1) is 8.22. The maximum absolute atomic E-state index is 12.1. The molecule has 0 saturated heterocycles. The highest BCUT2D eigenvalue weighted by atomic mass is 16.5. The van der Waals surface area contributed by atoms with Crippen molar-refractivity contribution >= 4 is 22.6 Å². The SMILES string of the molecule is COC1=Cc2c(O)ccc3cccc(c23)C1=O. The van der Waals surface area contributed by atoms with Crippen LogP contribution in [-0.2, 0) is 4.74 Å². The van der Waals surface area contributed by atoms with Gasteiger partial charge in [0.25, 0.3) is 0 Å². The molecule has 17 heavy (non-hydrogen) atoms. The first-order valence-electron chi connectivity index (χ1n) is 5.27. The van der Waals surface area contributed by atoms with E-state index in [9.17, 15) is 9.90 Å². The molecule has 0 atom stereocenters. The van der Waals surface area contributed by atoms with Crippen LogP contribution in [0.4, 0.5) is 0 Å². The van der Waals surface area contributed by atoms with E-state index in [1.807, 2.05) is 12.1 Å². The Morgan fingerprint density at radius 1 is 1.18 bits per heavy atom. The van der Waals surface area contributed by atoms with Gasteiger partial charge in [-0.25, -0.2) is 0 Å². The second kappa shape index (κ2) is 3.35. The van der Waals surface area contributed by atoms with Crippen molar-refractivity contribution in [2.45, 2.75) is 0 Å². The molecular weight excluding hydrogens is 216 g/mol. The molecule has 84 valence electrons. The molecule has 0 radical (unpaired) electrons. The number of ether oxygens (including phenoxy) is 1. The summed E-state index contributed by atoms with van der Waals surface area (Å²) < 4.78 is 5.05. The number of hydrogen-bond acceptors (Lipinski definition) is 3. The zero-order valence-corrected chi connectivity index (χ0v) is 9.23. The molecule has 0 amide bonds. The van der Waals surface area contributed by atoms with E-state index in [4.69, 9.17) is 4.74 Å². The highest BCUT2D eigenvalue weighted by Gasteiger charge is 2.23. The van der Waals surface area contributed by atoms with E-state index in [-0.39, 0.29) is 17.3 Å². The topological polar surface area (TPSA) is 46.5 Å². The van der Waals surface area contributed by atoms with E-state index < -0.39 is 0 Å². The van der Waals surface area contributed by atoms with Crippen molar-refractivity contribution in [3.8, 4) is 5.75 Å². The Labute approximate surface area is 97.9 Å². The summed E-state index contributed by atoms with van der Waals surface area (Å²) >= 11 is 0. The molecule has 2 aromatic carbocycles. The minimum absolute atomic E-state index is 0.142. The van der Waals surface area contributed by atoms with Crippen LogP contribution in [0.5, 0.6) is 5.75 Å². The number of carbonyl (C=O) groups is 1. The monoisotopic (exact) mass is 226 g/mol. The van der Waals surface area contributed by atoms with Crippen molar-refractivity contribution in [1.29, 1.82) is 0 Å². The van der Waals surface area contributed by atoms with E-state index in [0.29, 0.717) is 11.1 Å². The van der Waals surface area contributed by atoms with Crippen LogP contribution in [0.15, 0.2) is 36.1 Å². The predicted molar refractivity (Wildman–Crippen MR) is 64.9 cm³/mol. The van der Waals surface area contributed by atoms with Crippen molar-refractivity contribution < 1.29 is 14.6 Å². The van der Waals surface area contributed by atoms with E-state index in [2.05, 4.69) is 0 Å². The Balaban J connectivity index is 2.49. The fourth-order valence-electron chi connectivity index (χ4n) is 2.21. The van der Waals surface area contributed by atoms with E-state index in [0.717, 1.165) is 10.8 Å². The summed E-state index contributed by atoms with van der Waals surface area (Å²) in [6.45, 7) is 0. The number of hydrogen-bond donors (Lipinski definition) is 1. The lowest BCUT2D eigenvalue weighted by molar-refractivity contribution is 0.0957. The third kappa shape index (κ3) is 1.25. The molecule has 0 unspecified atom stereocenters. The molecule has 0 spiro atoms. The maximum Gasteiger partial charge on any atom is 0.228 e. The van der Waals surface area contributed by atoms with Crippen LogP contribution < -0.4 is 0 Å². The number of ketones is 1. The van der Waals surface area contributed by atoms with E-state index in [1.54, 1.807) is 24.3 Å². The predicted octanol–water partition coefficient (Wildman–Crippen LogP) is 2.73. The molecule has 0 aromatic heterocycles. The van der Waals surface area contributed by atoms with E-state index in [1.165, 1.54) is 7.11 Å². The number of rotatable bonds is 1. The normalized spacial score (nSPS) is 13.7. The summed E-state index contributed by atoms with van der Waals surface area (Å²) in [6, 6.07) is 8.92. The lowest BCUT2D eigenvalue weighted by atomic mass is 9.91. The average Bonchev–Trinajstić information content (AvgIpc) is 2.36. The van der Waals surface area contributed by atoms with Gasteiger partial charge in [-0.2, -0.15) is 0 Å². The number of allylic oxidation sites excluding steroid dienone is 1. The van der Waals surface area contributed by atoms with Gasteiger partial charge < -0.3 is 9.84 Å². The third-order valence-corrected chi connectivity index (χ3v) is 3.03. The first kappa shape index (κ1) is 9.90. The highest BCUT2D eigenvalue weighted by Crippen LogP contribution is 2.36. The van der Waals surface area contributed by atoms with Gasteiger partial charge in [0.1, 0.15) is 5.75 Å². The average molecular weight is 226 g/mol. The van der Waals surface area contributed by atoms with Crippen molar-refractivity contribution in [2.24, 2.45) is 0 Å². The first-order valence-corrected chi connectivity index (χ1v) is 5.27. The molecule has 2 aromatic rings. The van der Waals surface area contributed by atoms with Gasteiger partial charge in [-0.05, 0) is 17.5 Å². The van der Waals surface area contributed by atoms with Gasteiger partial charge in [0.2, 0.25) is 5.78 Å². The van der Waals surface area contributed by atoms with Crippen LogP contribution in [0.1, 0.15) is 15.9 Å². The third-order valence-electron chi connectivity index (χ3n) is 3.03. The Hall–Kier alpha value is -2.29. The van der Waals surface area contributed by atoms with Crippen LogP contribution in [-0.4, -0.2) is 18.0 Å². The fourth-order valence-corrected chi connectivity index (χ4v) is 2.21. The van der Waals surface area contributed by atoms with Gasteiger partial charge in [-0.15, -0.1) is 0 Å². The molecule has 1 aliphatic rings. The molecule has 3 heteroatoms. The minimum Gasteiger partial charge on any atom is -0.507 e. The maximum atomic E-state index is 12.1. The Bertz CT molecular complexity index is 668. The number of Topliss-reactive ketones (excluding diaryl/α,β-unsaturated/α-hetero) is 1. The molecule has 0 aliphatic heterocycles. The fraction of sp³-hybridized carbons (Fsp3) is 0.0714. The van der Waals surface area contributed by atoms with Gasteiger partial charge in [-0.1, -0.05) is 24.3 Å². The van der Waals surface area contributed by atoms with Crippen LogP contribution in [0.25, 0.3) is 16.8 Å². The molecule has 3 rings (SSSR count). The summed E-state index contributed by atoms with van der Waals surface area (Å²) in [5.74, 6) is 0.273. The van der Waals surface area contributed by atoms with Crippen molar-refractivity contribution in [3.63, 3.8) is 0 Å². The lowest BCUT2D eigenvalue weighted by Crippen LogP contribution is -2.10. The molecule has 0 saturated carbocycles. The van der Waals surface area contributed by atoms with E-state index >= 15 is 0 Å². The largest absolute Gasteiger partial charge is 0.507 e. The summed E-state index contributed by atoms with van der Waals surface area (Å²) in [5, 5.41) is 11.6. The van der Waals surface area contributed by atoms with Crippen LogP contribution >= 0.6 is 0 Å². The lowest BCUT2D eigenvalue weighted by Gasteiger charge is -2.16. The Morgan fingerprint density at radius 2 is 2.00 bits per heavy atom. The Kier molecular flexibility index (Phi) is 1.95. The smallest absolute Gasteiger partial charge is 0.228 e. The highest BCUT2D eigenvalue weighted by molar-refractivity contribution is 6.22. The van der Waals surface area contributed by atoms with Gasteiger partial charge >= 0.3 is 0 Å². The van der Waals surface area contributed by atoms with Gasteiger partial charge in [0.15, 0.2) is 5.76 Å². The molecule has 3 nitrogen and oxygen atoms in total. The minimum atomic E-state index is -0.142. The van der Waals surface area contributed by atoms with Crippen molar-refractivity contribution in [2.75, 3.05) is 7.11 Å². The molecule has 0 bridgehead atoms. The summed E-state index contributed by atoms with van der Waals surface area (Å²) in [7, 11) is 1.45. The molecule has 1 N–H and O–H groups in total. The van der Waals surface area contributed by atoms with Crippen molar-refractivity contribution in [3.05, 3.63) is 47.2 Å². The zero-order valence-electron chi connectivity index (χ0n) is 9.23. The van der Waals surface area contributed by atoms with Crippen LogP contribution in [0, 0.1) is 0 Å². The van der Waals surface area contributed by atoms with Crippen LogP contribution in [0.2, 0.25) is 0 Å². The summed E-state index contributed by atoms with van der Waals surface area (Å²) in [4.78, 5) is 12.1. The number of aromatic hydroxyl groups is 1. The second-order valence-electron chi connectivity index (χ2n) is 3.94. The zero-order chi connectivity index (χ0) is 12.0. The van der Waals surface area contributed by atoms with Gasteiger partial charge in [0.05, 0.1) is 7.11 Å². The Morgan fingerprint density at radius 3 is 2.76 bits per heavy atom. The summed E-state index contributed by atoms with van der Waals surface area (Å²) in [5.41, 5.74) is 1.22. The molecule has 0 fully saturated rings. The number of carbonyl (C=O) groups excluding carboxylic acids is 1. The quantitative estimate of drug-likeness (QED) is 0.813. The van der Waals surface area contributed by atoms with Gasteiger partial charge in [0, 0.05) is 16.5 Å². The number of methoxy groups -OCH3 is 1. The standard InChI is InChI=1S/C14H10O3/c1-17-12-7-10-11(15)6-5-8-3-2-4-9(13(8)10)14(12)16/h2-7,15H,1H3. The second-order valence-corrected chi connectivity index (χ2v) is 3.94. The summed E-state index contributed by atoms with van der Waals surface area (Å²) in [6.07, 6.45) is 1.59. The van der Waals surface area contributed by atoms with Crippen LogP contribution in [0.3, 0.4) is 0 Å². The number of phenolic OH excluding ortho intramolecular Hbond substituents is 1. The van der Waals surface area contributed by atoms with Gasteiger partial charge in [-0.3, -0.25) is 4.79 Å². The molecule has 1 aliphatic carbocycles. The molecular formula is C14H10O3. The number of benzene rings is 2. The van der Waals surface area contributed by atoms with Crippen molar-refractivity contribution in [1.82, 2.24) is 0 Å². The molecule has 0 heterocycles. The number of phenols is 1.